The molecule has 4 rings (SSSR count). The van der Waals surface area contributed by atoms with Crippen LogP contribution >= 0.6 is 0 Å². The van der Waals surface area contributed by atoms with Crippen LogP contribution in [-0.4, -0.2) is 38.1 Å². The maximum Gasteiger partial charge on any atom is 0.295 e. The van der Waals surface area contributed by atoms with Crippen molar-refractivity contribution in [3.63, 3.8) is 0 Å². The Morgan fingerprint density at radius 3 is 2.68 bits per heavy atom. The molecule has 8 heteroatoms. The van der Waals surface area contributed by atoms with E-state index in [4.69, 9.17) is 9.47 Å². The van der Waals surface area contributed by atoms with Gasteiger partial charge in [-0.05, 0) is 25.5 Å². The summed E-state index contributed by atoms with van der Waals surface area (Å²) in [5.41, 5.74) is 1.42. The summed E-state index contributed by atoms with van der Waals surface area (Å²) >= 11 is 0. The number of aromatic nitrogens is 2. The van der Waals surface area contributed by atoms with Gasteiger partial charge < -0.3 is 19.1 Å². The highest BCUT2D eigenvalue weighted by atomic mass is 16.7. The molecule has 2 atom stereocenters. The summed E-state index contributed by atoms with van der Waals surface area (Å²) in [6.07, 6.45) is -1.34. The number of nitro benzene ring substituents is 1. The Morgan fingerprint density at radius 2 is 2.04 bits per heavy atom. The Labute approximate surface area is 161 Å². The molecule has 0 spiro atoms. The van der Waals surface area contributed by atoms with Gasteiger partial charge in [-0.2, -0.15) is 0 Å². The lowest BCUT2D eigenvalue weighted by atomic mass is 10.1. The minimum Gasteiger partial charge on any atom is -0.380 e. The first-order valence-corrected chi connectivity index (χ1v) is 9.04. The minimum atomic E-state index is -1.02. The van der Waals surface area contributed by atoms with E-state index < -0.39 is 16.8 Å². The van der Waals surface area contributed by atoms with Crippen LogP contribution in [0.25, 0.3) is 11.0 Å². The van der Waals surface area contributed by atoms with Crippen LogP contribution in [0.4, 0.5) is 5.69 Å². The number of non-ortho nitro benzene ring substituents is 1. The zero-order valence-corrected chi connectivity index (χ0v) is 15.6. The predicted molar refractivity (Wildman–Crippen MR) is 102 cm³/mol. The van der Waals surface area contributed by atoms with E-state index in [1.165, 1.54) is 6.07 Å². The molecule has 1 aliphatic rings. The molecule has 0 radical (unpaired) electrons. The number of imidazole rings is 1. The van der Waals surface area contributed by atoms with Crippen molar-refractivity contribution in [2.45, 2.75) is 38.4 Å². The summed E-state index contributed by atoms with van der Waals surface area (Å²) < 4.78 is 13.2. The molecule has 3 aromatic rings. The molecule has 2 unspecified atom stereocenters. The fraction of sp³-hybridized carbons (Fsp3) is 0.350. The molecular weight excluding hydrogens is 362 g/mol. The van der Waals surface area contributed by atoms with Crippen LogP contribution in [-0.2, 0) is 16.0 Å². The van der Waals surface area contributed by atoms with Gasteiger partial charge in [-0.1, -0.05) is 36.4 Å². The van der Waals surface area contributed by atoms with Gasteiger partial charge in [0.2, 0.25) is 0 Å². The highest BCUT2D eigenvalue weighted by Gasteiger charge is 2.35. The normalized spacial score (nSPS) is 19.8. The molecule has 1 aliphatic heterocycles. The van der Waals surface area contributed by atoms with Crippen LogP contribution in [0, 0.1) is 10.1 Å². The Bertz CT molecular complexity index is 1020. The number of hydrogen-bond donors (Lipinski definition) is 1. The van der Waals surface area contributed by atoms with Crippen molar-refractivity contribution in [3.05, 3.63) is 70.0 Å². The Balaban J connectivity index is 1.84. The first kappa shape index (κ1) is 18.5. The minimum absolute atomic E-state index is 0.0605. The Morgan fingerprint density at radius 1 is 1.29 bits per heavy atom. The van der Waals surface area contributed by atoms with Crippen LogP contribution in [0.5, 0.6) is 0 Å². The fourth-order valence-electron chi connectivity index (χ4n) is 3.57. The monoisotopic (exact) mass is 383 g/mol. The van der Waals surface area contributed by atoms with Crippen molar-refractivity contribution in [2.24, 2.45) is 0 Å². The maximum absolute atomic E-state index is 11.6. The quantitative estimate of drug-likeness (QED) is 0.537. The fourth-order valence-corrected chi connectivity index (χ4v) is 3.57. The van der Waals surface area contributed by atoms with Crippen molar-refractivity contribution < 1.29 is 19.5 Å². The number of ether oxygens (including phenoxy) is 2. The lowest BCUT2D eigenvalue weighted by Gasteiger charge is -2.19. The number of nitrogens with zero attached hydrogens (tertiary/aromatic N) is 3. The molecule has 1 N–H and O–H groups in total. The van der Waals surface area contributed by atoms with Crippen LogP contribution in [0.15, 0.2) is 48.5 Å². The molecule has 2 aromatic carbocycles. The first-order chi connectivity index (χ1) is 13.4. The average molecular weight is 383 g/mol. The summed E-state index contributed by atoms with van der Waals surface area (Å²) in [7, 11) is 0. The SMILES string of the molecule is CC1(C)OCC(Cn2c(C(O)c3ccccc3)nc3cccc([N+](=O)[O-])c32)O1. The molecule has 1 aromatic heterocycles. The molecular formula is C20H21N3O5. The second kappa shape index (κ2) is 6.97. The second-order valence-electron chi connectivity index (χ2n) is 7.25. The van der Waals surface area contributed by atoms with Gasteiger partial charge in [0.1, 0.15) is 23.5 Å². The Hall–Kier alpha value is -2.81. The lowest BCUT2D eigenvalue weighted by molar-refractivity contribution is -0.383. The van der Waals surface area contributed by atoms with Crippen molar-refractivity contribution in [3.8, 4) is 0 Å². The van der Waals surface area contributed by atoms with Gasteiger partial charge in [0, 0.05) is 6.07 Å². The number of aliphatic hydroxyl groups is 1. The van der Waals surface area contributed by atoms with Crippen molar-refractivity contribution >= 4 is 16.7 Å². The van der Waals surface area contributed by atoms with Crippen molar-refractivity contribution in [1.29, 1.82) is 0 Å². The summed E-state index contributed by atoms with van der Waals surface area (Å²) in [5, 5.41) is 22.6. The van der Waals surface area contributed by atoms with Gasteiger partial charge in [0.25, 0.3) is 5.69 Å². The molecule has 2 heterocycles. The third kappa shape index (κ3) is 3.37. The van der Waals surface area contributed by atoms with Gasteiger partial charge in [-0.25, -0.2) is 4.98 Å². The molecule has 1 saturated heterocycles. The Kier molecular flexibility index (Phi) is 4.62. The van der Waals surface area contributed by atoms with E-state index >= 15 is 0 Å². The van der Waals surface area contributed by atoms with Crippen LogP contribution in [0.2, 0.25) is 0 Å². The molecule has 0 saturated carbocycles. The van der Waals surface area contributed by atoms with Gasteiger partial charge in [0.05, 0.1) is 23.6 Å². The smallest absolute Gasteiger partial charge is 0.295 e. The molecule has 0 amide bonds. The van der Waals surface area contributed by atoms with E-state index in [1.54, 1.807) is 28.8 Å². The highest BCUT2D eigenvalue weighted by Crippen LogP contribution is 2.33. The summed E-state index contributed by atoms with van der Waals surface area (Å²) in [6.45, 7) is 4.28. The van der Waals surface area contributed by atoms with Crippen molar-refractivity contribution in [2.75, 3.05) is 6.61 Å². The van der Waals surface area contributed by atoms with E-state index in [-0.39, 0.29) is 18.3 Å². The van der Waals surface area contributed by atoms with Gasteiger partial charge in [-0.3, -0.25) is 10.1 Å². The molecule has 1 fully saturated rings. The van der Waals surface area contributed by atoms with E-state index in [2.05, 4.69) is 4.98 Å². The third-order valence-corrected chi connectivity index (χ3v) is 4.78. The standard InChI is InChI=1S/C20H21N3O5/c1-20(2)27-12-14(28-20)11-22-17-15(9-6-10-16(17)23(25)26)21-19(22)18(24)13-7-4-3-5-8-13/h3-10,14,18,24H,11-12H2,1-2H3. The molecule has 28 heavy (non-hydrogen) atoms. The van der Waals surface area contributed by atoms with Crippen molar-refractivity contribution in [1.82, 2.24) is 9.55 Å². The summed E-state index contributed by atoms with van der Waals surface area (Å²) in [6, 6.07) is 13.8. The number of aliphatic hydroxyl groups excluding tert-OH is 1. The zero-order valence-electron chi connectivity index (χ0n) is 15.6. The van der Waals surface area contributed by atoms with Crippen LogP contribution in [0.1, 0.15) is 31.3 Å². The molecule has 8 nitrogen and oxygen atoms in total. The van der Waals surface area contributed by atoms with Gasteiger partial charge in [-0.15, -0.1) is 0 Å². The van der Waals surface area contributed by atoms with E-state index in [1.807, 2.05) is 32.0 Å². The van der Waals surface area contributed by atoms with E-state index in [9.17, 15) is 15.2 Å². The zero-order chi connectivity index (χ0) is 19.9. The van der Waals surface area contributed by atoms with Crippen LogP contribution < -0.4 is 0 Å². The predicted octanol–water partition coefficient (Wildman–Crippen LogP) is 3.18. The third-order valence-electron chi connectivity index (χ3n) is 4.78. The number of nitro groups is 1. The molecule has 0 bridgehead atoms. The number of benzene rings is 2. The van der Waals surface area contributed by atoms with E-state index in [0.29, 0.717) is 29.0 Å². The van der Waals surface area contributed by atoms with E-state index in [0.717, 1.165) is 0 Å². The second-order valence-corrected chi connectivity index (χ2v) is 7.25. The number of fused-ring (bicyclic) bond motifs is 1. The van der Waals surface area contributed by atoms with Crippen LogP contribution in [0.3, 0.4) is 0 Å². The van der Waals surface area contributed by atoms with Gasteiger partial charge in [0.15, 0.2) is 5.79 Å². The highest BCUT2D eigenvalue weighted by molar-refractivity contribution is 5.85. The maximum atomic E-state index is 11.6. The number of rotatable bonds is 5. The summed E-state index contributed by atoms with van der Waals surface area (Å²) in [4.78, 5) is 15.7. The lowest BCUT2D eigenvalue weighted by Crippen LogP contribution is -2.25. The average Bonchev–Trinajstić information content (AvgIpc) is 3.21. The first-order valence-electron chi connectivity index (χ1n) is 9.04. The molecule has 146 valence electrons. The summed E-state index contributed by atoms with van der Waals surface area (Å²) in [5.74, 6) is -0.380. The number of para-hydroxylation sites is 1. The van der Waals surface area contributed by atoms with Gasteiger partial charge >= 0.3 is 0 Å². The largest absolute Gasteiger partial charge is 0.380 e. The topological polar surface area (TPSA) is 99.7 Å². The molecule has 0 aliphatic carbocycles. The number of hydrogen-bond acceptors (Lipinski definition) is 6.